The van der Waals surface area contributed by atoms with Crippen molar-refractivity contribution in [2.45, 2.75) is 74.4 Å². The Balaban J connectivity index is 1.52. The van der Waals surface area contributed by atoms with Gasteiger partial charge in [0.1, 0.15) is 18.2 Å². The van der Waals surface area contributed by atoms with Gasteiger partial charge < -0.3 is 14.7 Å². The molecule has 0 radical (unpaired) electrons. The maximum Gasteiger partial charge on any atom is 0.426 e. The highest BCUT2D eigenvalue weighted by Crippen LogP contribution is 2.52. The quantitative estimate of drug-likeness (QED) is 0.447. The highest BCUT2D eigenvalue weighted by Gasteiger charge is 2.58. The number of aliphatic carboxylic acids is 1. The zero-order valence-corrected chi connectivity index (χ0v) is 21.7. The topological polar surface area (TPSA) is 66.8 Å². The lowest BCUT2D eigenvalue weighted by Gasteiger charge is -2.45. The number of halogens is 6. The minimum Gasteiger partial charge on any atom is -0.491 e. The summed E-state index contributed by atoms with van der Waals surface area (Å²) in [6.07, 6.45) is -4.99. The molecule has 0 spiro atoms. The molecule has 2 aliphatic heterocycles. The van der Waals surface area contributed by atoms with Crippen LogP contribution in [0.3, 0.4) is 0 Å². The molecular formula is C29H29F6NO4. The normalized spacial score (nSPS) is 29.6. The molecule has 1 N–H and O–H groups in total. The van der Waals surface area contributed by atoms with Crippen LogP contribution in [-0.4, -0.2) is 52.9 Å². The van der Waals surface area contributed by atoms with Crippen LogP contribution in [0.2, 0.25) is 0 Å². The average Bonchev–Trinajstić information content (AvgIpc) is 3.28. The summed E-state index contributed by atoms with van der Waals surface area (Å²) in [6.45, 7) is 0.406. The van der Waals surface area contributed by atoms with Gasteiger partial charge in [0, 0.05) is 23.1 Å². The molecule has 11 heteroatoms. The maximum atomic E-state index is 16.0. The van der Waals surface area contributed by atoms with E-state index in [-0.39, 0.29) is 51.0 Å². The monoisotopic (exact) mass is 569 g/mol. The molecule has 1 saturated heterocycles. The van der Waals surface area contributed by atoms with Crippen molar-refractivity contribution in [3.05, 3.63) is 65.0 Å². The highest BCUT2D eigenvalue weighted by atomic mass is 19.4. The van der Waals surface area contributed by atoms with Gasteiger partial charge in [0.15, 0.2) is 5.67 Å². The smallest absolute Gasteiger partial charge is 0.426 e. The summed E-state index contributed by atoms with van der Waals surface area (Å²) in [4.78, 5) is 26.4. The maximum absolute atomic E-state index is 16.0. The number of alkyl halides is 5. The zero-order chi connectivity index (χ0) is 29.1. The molecular weight excluding hydrogens is 540 g/mol. The van der Waals surface area contributed by atoms with E-state index in [1.165, 1.54) is 23.1 Å². The Kier molecular flexibility index (Phi) is 6.86. The largest absolute Gasteiger partial charge is 0.491 e. The van der Waals surface area contributed by atoms with Crippen LogP contribution in [0.1, 0.15) is 55.7 Å². The first-order valence-corrected chi connectivity index (χ1v) is 13.2. The van der Waals surface area contributed by atoms with Crippen molar-refractivity contribution in [3.8, 4) is 5.75 Å². The summed E-state index contributed by atoms with van der Waals surface area (Å²) in [5, 5.41) is 9.27. The number of carboxylic acid groups (broad SMARTS) is 1. The Labute approximate surface area is 227 Å². The van der Waals surface area contributed by atoms with Gasteiger partial charge in [0.05, 0.1) is 12.0 Å². The molecule has 0 aromatic heterocycles. The fourth-order valence-corrected chi connectivity index (χ4v) is 6.49. The molecule has 2 aromatic carbocycles. The summed E-state index contributed by atoms with van der Waals surface area (Å²) in [7, 11) is 0. The highest BCUT2D eigenvalue weighted by molar-refractivity contribution is 5.86. The van der Waals surface area contributed by atoms with Crippen LogP contribution in [0, 0.1) is 11.7 Å². The Hall–Kier alpha value is -3.24. The van der Waals surface area contributed by atoms with Gasteiger partial charge >= 0.3 is 12.1 Å². The number of likely N-dealkylation sites (tertiary alicyclic amines) is 1. The fraction of sp³-hybridized carbons (Fsp3) is 0.517. The summed E-state index contributed by atoms with van der Waals surface area (Å²) in [5.74, 6) is -2.91. The number of ether oxygens (including phenoxy) is 1. The van der Waals surface area contributed by atoms with Gasteiger partial charge in [-0.25, -0.2) is 13.2 Å². The third kappa shape index (κ3) is 4.60. The molecule has 1 amide bonds. The Morgan fingerprint density at radius 2 is 1.70 bits per heavy atom. The van der Waals surface area contributed by atoms with Crippen LogP contribution in [0.15, 0.2) is 42.5 Å². The van der Waals surface area contributed by atoms with Crippen molar-refractivity contribution in [1.29, 1.82) is 0 Å². The second-order valence-electron chi connectivity index (χ2n) is 11.3. The number of nitrogens with zero attached hydrogens (tertiary/aromatic N) is 1. The van der Waals surface area contributed by atoms with Gasteiger partial charge in [0.25, 0.3) is 5.91 Å². The number of hydrogen-bond acceptors (Lipinski definition) is 3. The second-order valence-corrected chi connectivity index (χ2v) is 11.3. The molecule has 1 aliphatic carbocycles. The van der Waals surface area contributed by atoms with Gasteiger partial charge in [-0.15, -0.1) is 0 Å². The van der Waals surface area contributed by atoms with Crippen LogP contribution in [0.4, 0.5) is 26.3 Å². The molecule has 5 nitrogen and oxygen atoms in total. The fourth-order valence-electron chi connectivity index (χ4n) is 6.49. The van der Waals surface area contributed by atoms with Crippen LogP contribution in [-0.2, 0) is 27.1 Å². The Morgan fingerprint density at radius 3 is 2.30 bits per heavy atom. The van der Waals surface area contributed by atoms with Gasteiger partial charge in [-0.05, 0) is 69.2 Å². The predicted molar refractivity (Wildman–Crippen MR) is 132 cm³/mol. The van der Waals surface area contributed by atoms with E-state index in [1.807, 2.05) is 0 Å². The molecule has 0 bridgehead atoms. The number of carbonyl (C=O) groups is 2. The minimum atomic E-state index is -5.16. The number of carboxylic acids is 1. The van der Waals surface area contributed by atoms with Crippen molar-refractivity contribution in [3.63, 3.8) is 0 Å². The summed E-state index contributed by atoms with van der Waals surface area (Å²) in [6, 6.07) is 8.45. The number of hydrogen-bond donors (Lipinski definition) is 1. The molecule has 5 rings (SSSR count). The average molecular weight is 570 g/mol. The number of amides is 1. The van der Waals surface area contributed by atoms with Crippen molar-refractivity contribution in [2.75, 3.05) is 13.2 Å². The standard InChI is InChI=1S/C29H29F6NO4/c1-26(31,29(33,34)35)19-4-7-21-22(14-19)40-16-23-27(21,15-17-2-5-20(30)6-3-17)12-13-36(23)25(39)28(32)10-8-18(9-11-28)24(37)38/h2-7,14,18,23H,8-13,15-16H2,1H3,(H,37,38). The van der Waals surface area contributed by atoms with Crippen molar-refractivity contribution < 1.29 is 45.8 Å². The van der Waals surface area contributed by atoms with E-state index in [9.17, 15) is 36.6 Å². The van der Waals surface area contributed by atoms with E-state index < -0.39 is 58.1 Å². The van der Waals surface area contributed by atoms with Crippen molar-refractivity contribution >= 4 is 11.9 Å². The number of rotatable bonds is 5. The number of benzene rings is 2. The molecule has 2 aromatic rings. The van der Waals surface area contributed by atoms with E-state index >= 15 is 4.39 Å². The molecule has 2 fully saturated rings. The third-order valence-electron chi connectivity index (χ3n) is 9.01. The second kappa shape index (κ2) is 9.69. The Morgan fingerprint density at radius 1 is 1.05 bits per heavy atom. The minimum absolute atomic E-state index is 0.0279. The summed E-state index contributed by atoms with van der Waals surface area (Å²) < 4.78 is 90.5. The van der Waals surface area contributed by atoms with Crippen LogP contribution in [0.5, 0.6) is 5.75 Å². The number of carbonyl (C=O) groups excluding carboxylic acids is 1. The van der Waals surface area contributed by atoms with E-state index in [2.05, 4.69) is 0 Å². The van der Waals surface area contributed by atoms with E-state index in [0.717, 1.165) is 12.1 Å². The molecule has 216 valence electrons. The van der Waals surface area contributed by atoms with Crippen molar-refractivity contribution in [2.24, 2.45) is 5.92 Å². The number of fused-ring (bicyclic) bond motifs is 3. The van der Waals surface area contributed by atoms with Crippen molar-refractivity contribution in [1.82, 2.24) is 4.90 Å². The Bertz CT molecular complexity index is 1300. The molecule has 3 aliphatic rings. The molecule has 3 unspecified atom stereocenters. The van der Waals surface area contributed by atoms with Gasteiger partial charge in [-0.2, -0.15) is 13.2 Å². The summed E-state index contributed by atoms with van der Waals surface area (Å²) in [5.41, 5.74) is -6.26. The van der Waals surface area contributed by atoms with Gasteiger partial charge in [-0.3, -0.25) is 9.59 Å². The molecule has 1 saturated carbocycles. The van der Waals surface area contributed by atoms with Gasteiger partial charge in [0.2, 0.25) is 5.67 Å². The molecule has 2 heterocycles. The van der Waals surface area contributed by atoms with E-state index in [0.29, 0.717) is 24.5 Å². The van der Waals surface area contributed by atoms with Gasteiger partial charge in [-0.1, -0.05) is 24.3 Å². The lowest BCUT2D eigenvalue weighted by atomic mass is 9.68. The third-order valence-corrected chi connectivity index (χ3v) is 9.01. The lowest BCUT2D eigenvalue weighted by molar-refractivity contribution is -0.228. The molecule has 3 atom stereocenters. The predicted octanol–water partition coefficient (Wildman–Crippen LogP) is 6.03. The first-order valence-electron chi connectivity index (χ1n) is 13.2. The SMILES string of the molecule is CC(F)(c1ccc2c(c1)OCC1N(C(=O)C3(F)CCC(C(=O)O)CC3)CCC21Cc1ccc(F)cc1)C(F)(F)F. The van der Waals surface area contributed by atoms with E-state index in [4.69, 9.17) is 4.74 Å². The summed E-state index contributed by atoms with van der Waals surface area (Å²) >= 11 is 0. The van der Waals surface area contributed by atoms with Crippen LogP contribution < -0.4 is 4.74 Å². The molecule has 40 heavy (non-hydrogen) atoms. The first-order chi connectivity index (χ1) is 18.7. The van der Waals surface area contributed by atoms with Crippen LogP contribution >= 0.6 is 0 Å². The van der Waals surface area contributed by atoms with Crippen LogP contribution in [0.25, 0.3) is 0 Å². The lowest BCUT2D eigenvalue weighted by Crippen LogP contribution is -2.57. The van der Waals surface area contributed by atoms with E-state index in [1.54, 1.807) is 12.1 Å². The zero-order valence-electron chi connectivity index (χ0n) is 21.7. The first kappa shape index (κ1) is 28.3.